The van der Waals surface area contributed by atoms with Crippen LogP contribution in [0.1, 0.15) is 28.8 Å². The molecule has 0 aliphatic carbocycles. The minimum atomic E-state index is -1.22. The number of likely N-dealkylation sites (tertiary alicyclic amines) is 1. The van der Waals surface area contributed by atoms with E-state index in [1.807, 2.05) is 0 Å². The molecule has 2 aliphatic heterocycles. The lowest BCUT2D eigenvalue weighted by Gasteiger charge is -2.40. The number of fused-ring (bicyclic) bond motifs is 1. The minimum absolute atomic E-state index is 0.0317. The Morgan fingerprint density at radius 1 is 1.14 bits per heavy atom. The van der Waals surface area contributed by atoms with Crippen molar-refractivity contribution in [3.63, 3.8) is 0 Å². The minimum Gasteiger partial charge on any atom is -0.481 e. The molecular weight excluding hydrogens is 365 g/mol. The molecule has 2 aromatic carbocycles. The van der Waals surface area contributed by atoms with E-state index >= 15 is 0 Å². The van der Waals surface area contributed by atoms with Gasteiger partial charge in [0.15, 0.2) is 11.5 Å². The Hall–Kier alpha value is -3.09. The van der Waals surface area contributed by atoms with Crippen LogP contribution < -0.4 is 9.47 Å². The molecule has 0 saturated carbocycles. The fraction of sp³-hybridized carbons (Fsp3) is 0.333. The molecular formula is C21H20FNO5. The highest BCUT2D eigenvalue weighted by Gasteiger charge is 2.44. The molecule has 1 fully saturated rings. The summed E-state index contributed by atoms with van der Waals surface area (Å²) in [7, 11) is 0. The maximum Gasteiger partial charge on any atom is 0.311 e. The van der Waals surface area contributed by atoms with Crippen LogP contribution in [0.5, 0.6) is 11.5 Å². The summed E-state index contributed by atoms with van der Waals surface area (Å²) in [5, 5.41) is 9.94. The van der Waals surface area contributed by atoms with Gasteiger partial charge in [0, 0.05) is 18.7 Å². The van der Waals surface area contributed by atoms with Gasteiger partial charge in [0.1, 0.15) is 5.82 Å². The lowest BCUT2D eigenvalue weighted by Crippen LogP contribution is -2.51. The number of benzene rings is 2. The first-order valence-electron chi connectivity index (χ1n) is 9.14. The van der Waals surface area contributed by atoms with Gasteiger partial charge in [-0.2, -0.15) is 0 Å². The Kier molecular flexibility index (Phi) is 4.66. The number of amides is 1. The number of halogens is 1. The lowest BCUT2D eigenvalue weighted by atomic mass is 9.75. The number of hydrogen-bond donors (Lipinski definition) is 1. The monoisotopic (exact) mass is 385 g/mol. The quantitative estimate of drug-likeness (QED) is 0.875. The van der Waals surface area contributed by atoms with E-state index in [4.69, 9.17) is 9.47 Å². The third-order valence-electron chi connectivity index (χ3n) is 5.42. The highest BCUT2D eigenvalue weighted by molar-refractivity contribution is 5.95. The van der Waals surface area contributed by atoms with Gasteiger partial charge in [-0.15, -0.1) is 0 Å². The van der Waals surface area contributed by atoms with Crippen molar-refractivity contribution in [3.05, 3.63) is 59.4 Å². The summed E-state index contributed by atoms with van der Waals surface area (Å²) in [4.78, 5) is 26.7. The fourth-order valence-electron chi connectivity index (χ4n) is 3.92. The van der Waals surface area contributed by atoms with Gasteiger partial charge < -0.3 is 19.5 Å². The third-order valence-corrected chi connectivity index (χ3v) is 5.42. The first-order chi connectivity index (χ1) is 13.5. The molecule has 146 valence electrons. The second-order valence-corrected chi connectivity index (χ2v) is 7.25. The van der Waals surface area contributed by atoms with Gasteiger partial charge in [0.2, 0.25) is 6.79 Å². The fourth-order valence-corrected chi connectivity index (χ4v) is 3.92. The molecule has 0 spiro atoms. The summed E-state index contributed by atoms with van der Waals surface area (Å²) < 4.78 is 24.7. The van der Waals surface area contributed by atoms with E-state index in [0.29, 0.717) is 42.0 Å². The molecule has 1 N–H and O–H groups in total. The van der Waals surface area contributed by atoms with Crippen LogP contribution in [-0.4, -0.2) is 41.8 Å². The number of piperidine rings is 1. The zero-order valence-corrected chi connectivity index (χ0v) is 15.2. The number of rotatable bonds is 4. The Morgan fingerprint density at radius 3 is 2.71 bits per heavy atom. The van der Waals surface area contributed by atoms with E-state index in [1.54, 1.807) is 36.4 Å². The molecule has 0 bridgehead atoms. The predicted octanol–water partition coefficient (Wildman–Crippen LogP) is 3.10. The predicted molar refractivity (Wildman–Crippen MR) is 97.9 cm³/mol. The van der Waals surface area contributed by atoms with Crippen molar-refractivity contribution >= 4 is 11.9 Å². The number of carbonyl (C=O) groups excluding carboxylic acids is 1. The summed E-state index contributed by atoms with van der Waals surface area (Å²) in [6.45, 7) is 0.602. The largest absolute Gasteiger partial charge is 0.481 e. The van der Waals surface area contributed by atoms with Crippen molar-refractivity contribution in [2.75, 3.05) is 19.9 Å². The highest BCUT2D eigenvalue weighted by Crippen LogP contribution is 2.37. The Labute approximate surface area is 161 Å². The second kappa shape index (κ2) is 7.14. The molecule has 7 heteroatoms. The SMILES string of the molecule is O=C(c1ccc2c(c1)OCO2)N1CCC[C@@](Cc2ccccc2F)(C(=O)O)C1. The normalized spacial score (nSPS) is 20.8. The average Bonchev–Trinajstić information content (AvgIpc) is 3.17. The van der Waals surface area contributed by atoms with Crippen LogP contribution in [0.4, 0.5) is 4.39 Å². The smallest absolute Gasteiger partial charge is 0.311 e. The molecule has 2 aliphatic rings. The van der Waals surface area contributed by atoms with Gasteiger partial charge in [-0.25, -0.2) is 4.39 Å². The number of hydrogen-bond acceptors (Lipinski definition) is 4. The van der Waals surface area contributed by atoms with Gasteiger partial charge in [-0.1, -0.05) is 18.2 Å². The van der Waals surface area contributed by atoms with Gasteiger partial charge in [0.25, 0.3) is 5.91 Å². The molecule has 1 saturated heterocycles. The van der Waals surface area contributed by atoms with E-state index in [2.05, 4.69) is 0 Å². The van der Waals surface area contributed by atoms with Gasteiger partial charge >= 0.3 is 5.97 Å². The van der Waals surface area contributed by atoms with Crippen LogP contribution in [0.25, 0.3) is 0 Å². The summed E-state index contributed by atoms with van der Waals surface area (Å²) in [6, 6.07) is 11.1. The number of nitrogens with zero attached hydrogens (tertiary/aromatic N) is 1. The number of ether oxygens (including phenoxy) is 2. The van der Waals surface area contributed by atoms with Gasteiger partial charge in [0.05, 0.1) is 5.41 Å². The molecule has 1 amide bonds. The molecule has 1 atom stereocenters. The molecule has 0 radical (unpaired) electrons. The summed E-state index contributed by atoms with van der Waals surface area (Å²) in [5.41, 5.74) is -0.453. The summed E-state index contributed by atoms with van der Waals surface area (Å²) in [5.74, 6) is -0.633. The Morgan fingerprint density at radius 2 is 1.93 bits per heavy atom. The first kappa shape index (κ1) is 18.3. The molecule has 2 aromatic rings. The van der Waals surface area contributed by atoms with Crippen molar-refractivity contribution in [1.29, 1.82) is 0 Å². The average molecular weight is 385 g/mol. The third kappa shape index (κ3) is 3.28. The van der Waals surface area contributed by atoms with Gasteiger partial charge in [-0.05, 0) is 49.1 Å². The van der Waals surface area contributed by atoms with Crippen molar-refractivity contribution in [1.82, 2.24) is 4.90 Å². The van der Waals surface area contributed by atoms with E-state index in [-0.39, 0.29) is 25.7 Å². The van der Waals surface area contributed by atoms with Crippen LogP contribution in [0.15, 0.2) is 42.5 Å². The topological polar surface area (TPSA) is 76.1 Å². The summed E-state index contributed by atoms with van der Waals surface area (Å²) in [6.07, 6.45) is 0.971. The zero-order valence-electron chi connectivity index (χ0n) is 15.2. The number of carboxylic acid groups (broad SMARTS) is 1. The van der Waals surface area contributed by atoms with E-state index < -0.39 is 17.2 Å². The van der Waals surface area contributed by atoms with E-state index in [9.17, 15) is 19.1 Å². The van der Waals surface area contributed by atoms with E-state index in [1.165, 1.54) is 11.0 Å². The number of carboxylic acids is 1. The lowest BCUT2D eigenvalue weighted by molar-refractivity contribution is -0.151. The van der Waals surface area contributed by atoms with Crippen molar-refractivity contribution in [2.24, 2.45) is 5.41 Å². The van der Waals surface area contributed by atoms with Crippen LogP contribution in [-0.2, 0) is 11.2 Å². The molecule has 4 rings (SSSR count). The Bertz CT molecular complexity index is 931. The van der Waals surface area contributed by atoms with Crippen LogP contribution in [0, 0.1) is 11.2 Å². The Balaban J connectivity index is 1.58. The molecule has 0 aromatic heterocycles. The van der Waals surface area contributed by atoms with Crippen molar-refractivity contribution in [3.8, 4) is 11.5 Å². The molecule has 2 heterocycles. The second-order valence-electron chi connectivity index (χ2n) is 7.25. The van der Waals surface area contributed by atoms with Crippen molar-refractivity contribution in [2.45, 2.75) is 19.3 Å². The number of carbonyl (C=O) groups is 2. The maximum absolute atomic E-state index is 14.1. The number of aliphatic carboxylic acids is 1. The zero-order chi connectivity index (χ0) is 19.7. The van der Waals surface area contributed by atoms with Crippen molar-refractivity contribution < 1.29 is 28.6 Å². The maximum atomic E-state index is 14.1. The molecule has 6 nitrogen and oxygen atoms in total. The van der Waals surface area contributed by atoms with Crippen LogP contribution >= 0.6 is 0 Å². The van der Waals surface area contributed by atoms with E-state index in [0.717, 1.165) is 0 Å². The molecule has 28 heavy (non-hydrogen) atoms. The summed E-state index contributed by atoms with van der Waals surface area (Å²) >= 11 is 0. The first-order valence-corrected chi connectivity index (χ1v) is 9.14. The van der Waals surface area contributed by atoms with Gasteiger partial charge in [-0.3, -0.25) is 9.59 Å². The standard InChI is InChI=1S/C21H20FNO5/c22-16-5-2-1-4-15(16)11-21(20(25)26)8-3-9-23(12-21)19(24)14-6-7-17-18(10-14)28-13-27-17/h1-2,4-7,10H,3,8-9,11-13H2,(H,25,26)/t21-/m0/s1. The van der Waals surface area contributed by atoms with Crippen LogP contribution in [0.2, 0.25) is 0 Å². The highest BCUT2D eigenvalue weighted by atomic mass is 19.1. The van der Waals surface area contributed by atoms with Crippen LogP contribution in [0.3, 0.4) is 0 Å². The molecule has 0 unspecified atom stereocenters.